The lowest BCUT2D eigenvalue weighted by molar-refractivity contribution is 0.207. The van der Waals surface area contributed by atoms with E-state index in [2.05, 4.69) is 4.98 Å². The smallest absolute Gasteiger partial charge is 0.216 e. The predicted octanol–water partition coefficient (Wildman–Crippen LogP) is 1.13. The summed E-state index contributed by atoms with van der Waals surface area (Å²) in [4.78, 5) is 3.46. The minimum absolute atomic E-state index is 0.197. The zero-order valence-corrected chi connectivity index (χ0v) is 8.55. The third kappa shape index (κ3) is 2.90. The maximum atomic E-state index is 13.1. The number of aliphatic hydroxyl groups is 1. The molecule has 0 radical (unpaired) electrons. The van der Waals surface area contributed by atoms with Crippen molar-refractivity contribution in [3.05, 3.63) is 28.8 Å². The highest BCUT2D eigenvalue weighted by atomic mass is 35.5. The molecule has 0 aliphatic heterocycles. The van der Waals surface area contributed by atoms with Crippen molar-refractivity contribution in [1.82, 2.24) is 4.98 Å². The maximum Gasteiger partial charge on any atom is 0.216 e. The zero-order chi connectivity index (χ0) is 10.8. The molecule has 0 saturated carbocycles. The summed E-state index contributed by atoms with van der Waals surface area (Å²) >= 11 is 5.66. The summed E-state index contributed by atoms with van der Waals surface area (Å²) in [6.07, 6.45) is 1.43. The van der Waals surface area contributed by atoms with E-state index in [4.69, 9.17) is 22.4 Å². The summed E-state index contributed by atoms with van der Waals surface area (Å²) in [6, 6.07) is 1.46. The molecule has 14 heavy (non-hydrogen) atoms. The van der Waals surface area contributed by atoms with Crippen molar-refractivity contribution >= 4 is 11.6 Å². The molecule has 5 heteroatoms. The number of aliphatic hydroxyl groups excluding tert-OH is 1. The molecular weight excluding hydrogens is 207 g/mol. The molecule has 1 rings (SSSR count). The van der Waals surface area contributed by atoms with Crippen LogP contribution in [-0.2, 0) is 6.42 Å². The van der Waals surface area contributed by atoms with Crippen molar-refractivity contribution in [3.63, 3.8) is 0 Å². The van der Waals surface area contributed by atoms with E-state index in [9.17, 15) is 4.39 Å². The standard InChI is InChI=1S/C9H12ClFN2O/c1-9(12,5-14)3-6-2-7(10)4-13-8(6)11/h2,4,14H,3,5,12H2,1H3. The Morgan fingerprint density at radius 1 is 1.71 bits per heavy atom. The van der Waals surface area contributed by atoms with Crippen LogP contribution >= 0.6 is 11.6 Å². The Morgan fingerprint density at radius 3 is 2.93 bits per heavy atom. The average molecular weight is 219 g/mol. The highest BCUT2D eigenvalue weighted by Gasteiger charge is 2.20. The number of pyridine rings is 1. The summed E-state index contributed by atoms with van der Waals surface area (Å²) in [6.45, 7) is 1.41. The summed E-state index contributed by atoms with van der Waals surface area (Å²) in [5.41, 5.74) is 5.14. The van der Waals surface area contributed by atoms with E-state index in [1.807, 2.05) is 0 Å². The zero-order valence-electron chi connectivity index (χ0n) is 7.80. The summed E-state index contributed by atoms with van der Waals surface area (Å²) in [5, 5.41) is 9.27. The van der Waals surface area contributed by atoms with Gasteiger partial charge in [0.1, 0.15) is 0 Å². The highest BCUT2D eigenvalue weighted by Crippen LogP contribution is 2.16. The van der Waals surface area contributed by atoms with Crippen LogP contribution in [0.5, 0.6) is 0 Å². The number of rotatable bonds is 3. The molecule has 1 atom stereocenters. The third-order valence-electron chi connectivity index (χ3n) is 1.83. The average Bonchev–Trinajstić information content (AvgIpc) is 2.11. The largest absolute Gasteiger partial charge is 0.394 e. The van der Waals surface area contributed by atoms with Crippen LogP contribution in [0, 0.1) is 5.95 Å². The van der Waals surface area contributed by atoms with Crippen LogP contribution in [0.3, 0.4) is 0 Å². The number of hydrogen-bond acceptors (Lipinski definition) is 3. The first kappa shape index (κ1) is 11.4. The lowest BCUT2D eigenvalue weighted by Crippen LogP contribution is -2.42. The van der Waals surface area contributed by atoms with Gasteiger partial charge in [-0.1, -0.05) is 11.6 Å². The van der Waals surface area contributed by atoms with Gasteiger partial charge in [-0.05, 0) is 19.4 Å². The second kappa shape index (κ2) is 4.21. The maximum absolute atomic E-state index is 13.1. The van der Waals surface area contributed by atoms with Crippen LogP contribution in [0.15, 0.2) is 12.3 Å². The first-order valence-corrected chi connectivity index (χ1v) is 4.52. The van der Waals surface area contributed by atoms with Gasteiger partial charge >= 0.3 is 0 Å². The molecule has 1 heterocycles. The van der Waals surface area contributed by atoms with Crippen LogP contribution in [0.25, 0.3) is 0 Å². The van der Waals surface area contributed by atoms with Crippen LogP contribution in [0.4, 0.5) is 4.39 Å². The van der Waals surface area contributed by atoms with Crippen molar-refractivity contribution in [2.45, 2.75) is 18.9 Å². The molecular formula is C9H12ClFN2O. The predicted molar refractivity (Wildman–Crippen MR) is 52.6 cm³/mol. The molecule has 1 unspecified atom stereocenters. The van der Waals surface area contributed by atoms with Crippen LogP contribution < -0.4 is 5.73 Å². The van der Waals surface area contributed by atoms with E-state index in [1.165, 1.54) is 12.3 Å². The fourth-order valence-corrected chi connectivity index (χ4v) is 1.26. The van der Waals surface area contributed by atoms with Gasteiger partial charge in [-0.25, -0.2) is 4.98 Å². The van der Waals surface area contributed by atoms with Crippen LogP contribution in [0.1, 0.15) is 12.5 Å². The SMILES string of the molecule is CC(N)(CO)Cc1cc(Cl)cnc1F. The quantitative estimate of drug-likeness (QED) is 0.748. The molecule has 1 aromatic rings. The Morgan fingerprint density at radius 2 is 2.36 bits per heavy atom. The Balaban J connectivity index is 2.91. The number of nitrogens with two attached hydrogens (primary N) is 1. The minimum Gasteiger partial charge on any atom is -0.394 e. The number of nitrogens with zero attached hydrogens (tertiary/aromatic N) is 1. The fourth-order valence-electron chi connectivity index (χ4n) is 1.08. The van der Waals surface area contributed by atoms with Gasteiger partial charge in [0.15, 0.2) is 0 Å². The molecule has 0 saturated heterocycles. The lowest BCUT2D eigenvalue weighted by atomic mass is 9.96. The van der Waals surface area contributed by atoms with Crippen LogP contribution in [0.2, 0.25) is 5.02 Å². The van der Waals surface area contributed by atoms with Crippen molar-refractivity contribution < 1.29 is 9.50 Å². The third-order valence-corrected chi connectivity index (χ3v) is 2.04. The Labute approximate surface area is 86.7 Å². The number of aromatic nitrogens is 1. The van der Waals surface area contributed by atoms with Gasteiger partial charge in [-0.2, -0.15) is 4.39 Å². The summed E-state index contributed by atoms with van der Waals surface area (Å²) in [5.74, 6) is -0.598. The molecule has 0 aromatic carbocycles. The molecule has 0 amide bonds. The summed E-state index contributed by atoms with van der Waals surface area (Å²) in [7, 11) is 0. The van der Waals surface area contributed by atoms with E-state index < -0.39 is 11.5 Å². The van der Waals surface area contributed by atoms with E-state index in [0.717, 1.165) is 0 Å². The topological polar surface area (TPSA) is 59.1 Å². The summed E-state index contributed by atoms with van der Waals surface area (Å²) < 4.78 is 13.1. The Hall–Kier alpha value is -0.710. The minimum atomic E-state index is -0.854. The van der Waals surface area contributed by atoms with Crippen molar-refractivity contribution in [1.29, 1.82) is 0 Å². The van der Waals surface area contributed by atoms with E-state index in [1.54, 1.807) is 6.92 Å². The molecule has 0 aliphatic rings. The number of hydrogen-bond donors (Lipinski definition) is 2. The molecule has 78 valence electrons. The van der Waals surface area contributed by atoms with E-state index >= 15 is 0 Å². The van der Waals surface area contributed by atoms with Gasteiger partial charge in [0.2, 0.25) is 5.95 Å². The van der Waals surface area contributed by atoms with Gasteiger partial charge in [-0.15, -0.1) is 0 Å². The van der Waals surface area contributed by atoms with Crippen molar-refractivity contribution in [2.24, 2.45) is 5.73 Å². The Bertz CT molecular complexity index is 331. The first-order valence-electron chi connectivity index (χ1n) is 4.14. The first-order chi connectivity index (χ1) is 6.44. The molecule has 0 fully saturated rings. The molecule has 1 aromatic heterocycles. The second-order valence-electron chi connectivity index (χ2n) is 3.59. The van der Waals surface area contributed by atoms with E-state index in [0.29, 0.717) is 10.6 Å². The monoisotopic (exact) mass is 218 g/mol. The van der Waals surface area contributed by atoms with Crippen LogP contribution in [-0.4, -0.2) is 22.2 Å². The fraction of sp³-hybridized carbons (Fsp3) is 0.444. The van der Waals surface area contributed by atoms with Gasteiger partial charge in [0, 0.05) is 17.3 Å². The van der Waals surface area contributed by atoms with Crippen molar-refractivity contribution in [3.8, 4) is 0 Å². The van der Waals surface area contributed by atoms with E-state index in [-0.39, 0.29) is 13.0 Å². The molecule has 0 aliphatic carbocycles. The second-order valence-corrected chi connectivity index (χ2v) is 4.03. The molecule has 3 N–H and O–H groups in total. The normalized spacial score (nSPS) is 15.2. The van der Waals surface area contributed by atoms with Gasteiger partial charge in [-0.3, -0.25) is 0 Å². The van der Waals surface area contributed by atoms with Gasteiger partial charge in [0.25, 0.3) is 0 Å². The highest BCUT2D eigenvalue weighted by molar-refractivity contribution is 6.30. The van der Waals surface area contributed by atoms with Crippen molar-refractivity contribution in [2.75, 3.05) is 6.61 Å². The Kier molecular flexibility index (Phi) is 3.42. The number of halogens is 2. The molecule has 3 nitrogen and oxygen atoms in total. The molecule has 0 bridgehead atoms. The van der Waals surface area contributed by atoms with Gasteiger partial charge in [0.05, 0.1) is 11.6 Å². The molecule has 0 spiro atoms. The van der Waals surface area contributed by atoms with Gasteiger partial charge < -0.3 is 10.8 Å². The lowest BCUT2D eigenvalue weighted by Gasteiger charge is -2.21.